The van der Waals surface area contributed by atoms with Crippen molar-refractivity contribution in [1.29, 1.82) is 0 Å². The van der Waals surface area contributed by atoms with E-state index in [9.17, 15) is 0 Å². The standard InChI is InChI=1S/C14H21NO2/c1-11(13-10-16-14(2,3)17-13)15-9-12-7-5-4-6-8-12/h4-8,11,13,15H,9-10H2,1-3H3/t11?,13-/m0/s1. The molecule has 0 aliphatic carbocycles. The molecule has 17 heavy (non-hydrogen) atoms. The van der Waals surface area contributed by atoms with Gasteiger partial charge in [0.2, 0.25) is 0 Å². The molecule has 1 heterocycles. The van der Waals surface area contributed by atoms with Gasteiger partial charge in [-0.05, 0) is 26.3 Å². The van der Waals surface area contributed by atoms with Crippen molar-refractivity contribution in [2.45, 2.75) is 45.2 Å². The molecular weight excluding hydrogens is 214 g/mol. The van der Waals surface area contributed by atoms with Gasteiger partial charge in [-0.3, -0.25) is 0 Å². The molecule has 0 amide bonds. The van der Waals surface area contributed by atoms with Gasteiger partial charge >= 0.3 is 0 Å². The molecule has 0 radical (unpaired) electrons. The predicted octanol–water partition coefficient (Wildman–Crippen LogP) is 2.32. The molecule has 2 atom stereocenters. The Hall–Kier alpha value is -0.900. The quantitative estimate of drug-likeness (QED) is 0.868. The first-order valence-corrected chi connectivity index (χ1v) is 6.16. The fourth-order valence-electron chi connectivity index (χ4n) is 1.97. The van der Waals surface area contributed by atoms with Crippen molar-refractivity contribution < 1.29 is 9.47 Å². The second kappa shape index (κ2) is 5.17. The lowest BCUT2D eigenvalue weighted by Crippen LogP contribution is -2.39. The van der Waals surface area contributed by atoms with Gasteiger partial charge in [0.25, 0.3) is 0 Å². The highest BCUT2D eigenvalue weighted by Gasteiger charge is 2.35. The molecule has 1 aromatic carbocycles. The van der Waals surface area contributed by atoms with Crippen LogP contribution in [0.15, 0.2) is 30.3 Å². The zero-order chi connectivity index (χ0) is 12.3. The Labute approximate surface area is 103 Å². The zero-order valence-electron chi connectivity index (χ0n) is 10.8. The lowest BCUT2D eigenvalue weighted by Gasteiger charge is -2.22. The number of rotatable bonds is 4. The van der Waals surface area contributed by atoms with Gasteiger partial charge in [0, 0.05) is 12.6 Å². The molecule has 1 aliphatic rings. The van der Waals surface area contributed by atoms with Gasteiger partial charge < -0.3 is 14.8 Å². The summed E-state index contributed by atoms with van der Waals surface area (Å²) in [5.41, 5.74) is 1.29. The monoisotopic (exact) mass is 235 g/mol. The molecule has 2 rings (SSSR count). The van der Waals surface area contributed by atoms with Crippen molar-refractivity contribution in [3.63, 3.8) is 0 Å². The number of nitrogens with one attached hydrogen (secondary N) is 1. The van der Waals surface area contributed by atoms with E-state index < -0.39 is 5.79 Å². The van der Waals surface area contributed by atoms with Crippen molar-refractivity contribution in [1.82, 2.24) is 5.32 Å². The van der Waals surface area contributed by atoms with E-state index in [-0.39, 0.29) is 12.1 Å². The molecule has 1 saturated heterocycles. The summed E-state index contributed by atoms with van der Waals surface area (Å²) in [7, 11) is 0. The predicted molar refractivity (Wildman–Crippen MR) is 67.6 cm³/mol. The van der Waals surface area contributed by atoms with Gasteiger partial charge in [0.05, 0.1) is 12.7 Å². The van der Waals surface area contributed by atoms with Crippen LogP contribution in [0.4, 0.5) is 0 Å². The topological polar surface area (TPSA) is 30.5 Å². The third-order valence-corrected chi connectivity index (χ3v) is 3.06. The van der Waals surface area contributed by atoms with Crippen LogP contribution in [0.5, 0.6) is 0 Å². The van der Waals surface area contributed by atoms with E-state index in [1.165, 1.54) is 5.56 Å². The number of hydrogen-bond donors (Lipinski definition) is 1. The van der Waals surface area contributed by atoms with Crippen molar-refractivity contribution in [3.8, 4) is 0 Å². The number of ether oxygens (including phenoxy) is 2. The third kappa shape index (κ3) is 3.53. The maximum atomic E-state index is 5.81. The molecule has 94 valence electrons. The molecular formula is C14H21NO2. The first kappa shape index (κ1) is 12.6. The van der Waals surface area contributed by atoms with E-state index in [1.54, 1.807) is 0 Å². The van der Waals surface area contributed by atoms with Crippen LogP contribution < -0.4 is 5.32 Å². The van der Waals surface area contributed by atoms with Crippen LogP contribution in [-0.4, -0.2) is 24.5 Å². The molecule has 1 fully saturated rings. The summed E-state index contributed by atoms with van der Waals surface area (Å²) in [5.74, 6) is -0.437. The Kier molecular flexibility index (Phi) is 3.82. The highest BCUT2D eigenvalue weighted by Crippen LogP contribution is 2.24. The van der Waals surface area contributed by atoms with E-state index in [0.717, 1.165) is 6.54 Å². The van der Waals surface area contributed by atoms with E-state index in [1.807, 2.05) is 19.9 Å². The minimum absolute atomic E-state index is 0.133. The van der Waals surface area contributed by atoms with E-state index >= 15 is 0 Å². The van der Waals surface area contributed by atoms with Crippen LogP contribution in [0.3, 0.4) is 0 Å². The van der Waals surface area contributed by atoms with Crippen LogP contribution in [0.2, 0.25) is 0 Å². The number of hydrogen-bond acceptors (Lipinski definition) is 3. The Morgan fingerprint density at radius 2 is 2.06 bits per heavy atom. The summed E-state index contributed by atoms with van der Waals surface area (Å²) >= 11 is 0. The fourth-order valence-corrected chi connectivity index (χ4v) is 1.97. The van der Waals surface area contributed by atoms with Crippen molar-refractivity contribution in [3.05, 3.63) is 35.9 Å². The summed E-state index contributed by atoms with van der Waals surface area (Å²) in [6, 6.07) is 10.7. The smallest absolute Gasteiger partial charge is 0.163 e. The first-order chi connectivity index (χ1) is 8.07. The van der Waals surface area contributed by atoms with Crippen LogP contribution >= 0.6 is 0 Å². The molecule has 1 N–H and O–H groups in total. The van der Waals surface area contributed by atoms with Crippen LogP contribution in [0, 0.1) is 0 Å². The molecule has 1 aliphatic heterocycles. The summed E-state index contributed by atoms with van der Waals surface area (Å²) in [4.78, 5) is 0. The highest BCUT2D eigenvalue weighted by atomic mass is 16.7. The van der Waals surface area contributed by atoms with Crippen molar-refractivity contribution in [2.24, 2.45) is 0 Å². The molecule has 1 unspecified atom stereocenters. The summed E-state index contributed by atoms with van der Waals surface area (Å²) < 4.78 is 11.4. The summed E-state index contributed by atoms with van der Waals surface area (Å²) in [6.07, 6.45) is 0.133. The van der Waals surface area contributed by atoms with E-state index in [0.29, 0.717) is 6.61 Å². The lowest BCUT2D eigenvalue weighted by atomic mass is 10.1. The summed E-state index contributed by atoms with van der Waals surface area (Å²) in [6.45, 7) is 7.57. The van der Waals surface area contributed by atoms with Crippen molar-refractivity contribution >= 4 is 0 Å². The van der Waals surface area contributed by atoms with E-state index in [2.05, 4.69) is 36.5 Å². The second-order valence-electron chi connectivity index (χ2n) is 5.02. The Bertz CT molecular complexity index is 350. The highest BCUT2D eigenvalue weighted by molar-refractivity contribution is 5.14. The van der Waals surface area contributed by atoms with Gasteiger partial charge in [-0.25, -0.2) is 0 Å². The first-order valence-electron chi connectivity index (χ1n) is 6.16. The molecule has 1 aromatic rings. The van der Waals surface area contributed by atoms with Gasteiger partial charge in [-0.15, -0.1) is 0 Å². The zero-order valence-corrected chi connectivity index (χ0v) is 10.8. The minimum atomic E-state index is -0.437. The molecule has 3 nitrogen and oxygen atoms in total. The van der Waals surface area contributed by atoms with Crippen LogP contribution in [0.25, 0.3) is 0 Å². The normalized spacial score (nSPS) is 24.8. The molecule has 3 heteroatoms. The van der Waals surface area contributed by atoms with Gasteiger partial charge in [-0.1, -0.05) is 30.3 Å². The lowest BCUT2D eigenvalue weighted by molar-refractivity contribution is -0.141. The van der Waals surface area contributed by atoms with Crippen LogP contribution in [-0.2, 0) is 16.0 Å². The van der Waals surface area contributed by atoms with Gasteiger partial charge in [0.1, 0.15) is 0 Å². The Balaban J connectivity index is 1.80. The second-order valence-corrected chi connectivity index (χ2v) is 5.02. The summed E-state index contributed by atoms with van der Waals surface area (Å²) in [5, 5.41) is 3.47. The largest absolute Gasteiger partial charge is 0.348 e. The minimum Gasteiger partial charge on any atom is -0.348 e. The molecule has 0 aromatic heterocycles. The SMILES string of the molecule is CC(NCc1ccccc1)[C@@H]1COC(C)(C)O1. The maximum Gasteiger partial charge on any atom is 0.163 e. The molecule has 0 bridgehead atoms. The average Bonchev–Trinajstić information content (AvgIpc) is 2.68. The molecule has 0 spiro atoms. The number of benzene rings is 1. The van der Waals surface area contributed by atoms with Gasteiger partial charge in [-0.2, -0.15) is 0 Å². The Morgan fingerprint density at radius 1 is 1.35 bits per heavy atom. The average molecular weight is 235 g/mol. The van der Waals surface area contributed by atoms with Crippen molar-refractivity contribution in [2.75, 3.05) is 6.61 Å². The van der Waals surface area contributed by atoms with Crippen LogP contribution in [0.1, 0.15) is 26.3 Å². The van der Waals surface area contributed by atoms with Gasteiger partial charge in [0.15, 0.2) is 5.79 Å². The maximum absolute atomic E-state index is 5.81. The Morgan fingerprint density at radius 3 is 2.65 bits per heavy atom. The molecule has 0 saturated carbocycles. The fraction of sp³-hybridized carbons (Fsp3) is 0.571. The van der Waals surface area contributed by atoms with E-state index in [4.69, 9.17) is 9.47 Å². The third-order valence-electron chi connectivity index (χ3n) is 3.06.